The molecule has 0 spiro atoms. The number of nitrogen functional groups attached to an aromatic ring is 1. The second kappa shape index (κ2) is 47.3. The summed E-state index contributed by atoms with van der Waals surface area (Å²) < 4.78 is 30.5. The largest absolute Gasteiger partial charge is 0.550 e. The molecule has 5 aliphatic heterocycles. The van der Waals surface area contributed by atoms with Gasteiger partial charge in [-0.15, -0.1) is 0 Å². The molecule has 9 aromatic rings. The second-order valence-electron chi connectivity index (χ2n) is 32.6. The van der Waals surface area contributed by atoms with E-state index in [1.54, 1.807) is 60.3 Å². The zero-order valence-electron chi connectivity index (χ0n) is 74.3. The summed E-state index contributed by atoms with van der Waals surface area (Å²) in [6.45, 7) is 11.9. The molecule has 42 heteroatoms. The molecule has 5 aromatic carbocycles. The van der Waals surface area contributed by atoms with Crippen LogP contribution in [-0.4, -0.2) is 281 Å². The number of hydrogen-bond donors (Lipinski definition) is 10. The maximum Gasteiger partial charge on any atom is 0.323 e. The van der Waals surface area contributed by atoms with Gasteiger partial charge in [-0.2, -0.15) is 20.1 Å². The molecule has 9 heterocycles. The lowest BCUT2D eigenvalue weighted by Crippen LogP contribution is -2.58. The van der Waals surface area contributed by atoms with Crippen molar-refractivity contribution in [1.82, 2.24) is 64.9 Å². The summed E-state index contributed by atoms with van der Waals surface area (Å²) in [5.41, 5.74) is 23.9. The number of amides is 6. The molecule has 14 rings (SSSR count). The molecule has 5 aliphatic rings. The predicted molar refractivity (Wildman–Crippen MR) is 497 cm³/mol. The number of thioether (sulfide) groups is 1. The summed E-state index contributed by atoms with van der Waals surface area (Å²) in [7, 11) is 4.17. The number of carbonyl (C=O) groups excluding carboxylic acids is 9. The molecule has 0 radical (unpaired) electrons. The van der Waals surface area contributed by atoms with Crippen LogP contribution in [0.25, 0.3) is 55.8 Å². The fourth-order valence-electron chi connectivity index (χ4n) is 15.3. The van der Waals surface area contributed by atoms with E-state index < -0.39 is 91.6 Å². The number of aliphatic hydroxyl groups is 1. The van der Waals surface area contributed by atoms with Gasteiger partial charge in [-0.1, -0.05) is 66.4 Å². The number of aliphatic imine (C=N–C) groups is 2. The summed E-state index contributed by atoms with van der Waals surface area (Å²) in [5.74, 6) is -5.75. The number of hydrogen-bond acceptors (Lipinski definition) is 31. The number of carboxylic acids is 2. The Kier molecular flexibility index (Phi) is 35.0. The number of ether oxygens (including phenoxy) is 4. The zero-order valence-corrected chi connectivity index (χ0v) is 75.1. The van der Waals surface area contributed by atoms with Crippen LogP contribution in [0.4, 0.5) is 39.8 Å². The number of quaternary nitrogens is 1. The van der Waals surface area contributed by atoms with E-state index in [9.17, 15) is 68.1 Å². The van der Waals surface area contributed by atoms with E-state index in [0.717, 1.165) is 81.1 Å². The van der Waals surface area contributed by atoms with Crippen LogP contribution in [0, 0.1) is 5.92 Å². The normalized spacial score (nSPS) is 15.6. The van der Waals surface area contributed by atoms with Crippen molar-refractivity contribution in [1.29, 1.82) is 0 Å². The highest BCUT2D eigenvalue weighted by Crippen LogP contribution is 2.36. The van der Waals surface area contributed by atoms with Crippen molar-refractivity contribution in [3.8, 4) is 33.8 Å². The number of nitrogens with one attached hydrogen (secondary N) is 5. The molecule has 41 nitrogen and oxygen atoms in total. The number of guanidine groups is 1. The number of fused-ring (bicyclic) bond motifs is 2. The predicted octanol–water partition coefficient (Wildman–Crippen LogP) is 4.75. The lowest BCUT2D eigenvalue weighted by molar-refractivity contribution is -0.312. The Morgan fingerprint density at radius 3 is 1.92 bits per heavy atom. The van der Waals surface area contributed by atoms with E-state index >= 15 is 0 Å². The van der Waals surface area contributed by atoms with Crippen LogP contribution in [0.2, 0.25) is 0 Å². The Morgan fingerprint density at radius 2 is 1.31 bits per heavy atom. The Morgan fingerprint density at radius 1 is 0.684 bits per heavy atom. The minimum atomic E-state index is -1.74. The maximum atomic E-state index is 13.4. The highest BCUT2D eigenvalue weighted by Gasteiger charge is 2.39. The number of nitrogens with zero attached hydrogens (tertiary/aromatic N) is 14. The van der Waals surface area contributed by atoms with Crippen molar-refractivity contribution in [3.05, 3.63) is 155 Å². The van der Waals surface area contributed by atoms with Crippen LogP contribution < -0.4 is 68.6 Å². The number of aliphatic carboxylic acids is 2. The standard InChI is InChI=1S/C41H50N6O14.C32H41N9O4.C18H19N7OS/c42-41(43)44-15-5-10-29(31(49)11-12-34(52)46-30(21-37(54)55)33(51)20-26(23-48)40(57)58)45-35(53)13-14-38(56)60-24-47(16-18-59-19-17-47)36-22-32(50)28-9-4-8-27(39(28)61-36)25-6-2-1-3-7-25;1-38(2)27-11-13-39(14-12-27)29(42)24-5-9-26(10-6-24)34-32(43)33-25-7-3-23(4-8-25)28-35-30(40-15-19-44-20-16-40)37-31(36-28)41-17-21-45-22-18-41;1-10(2)25-16-13(15(19)21-9-22-16)14(24-25)11-4-3-5-12(8-11)17(26)23-18-20-6-7-27-18/h1-4,6-9,22,26,29-30,48H,5,10-21,23-24H2,(H7-,42,43,44,45,46,52,53,54,55,57,58);3-10,27H,11-22H2,1-2H3,(H2,33,34,43);3-5,8-10H,6-7H2,1-2H3,(H2,19,21,22)(H,20,23,26)/t26-,29-,30-;;/m0../s1. The number of rotatable bonds is 34. The van der Waals surface area contributed by atoms with Crippen molar-refractivity contribution in [2.75, 3.05) is 164 Å². The van der Waals surface area contributed by atoms with Crippen molar-refractivity contribution in [3.63, 3.8) is 0 Å². The van der Waals surface area contributed by atoms with Crippen LogP contribution in [0.1, 0.15) is 105 Å². The Labute approximate surface area is 769 Å². The van der Waals surface area contributed by atoms with E-state index in [2.05, 4.69) is 75.3 Å². The smallest absolute Gasteiger partial charge is 0.323 e. The first-order chi connectivity index (χ1) is 64.1. The third kappa shape index (κ3) is 27.2. The number of urea groups is 1. The molecule has 3 atom stereocenters. The molecule has 4 fully saturated rings. The van der Waals surface area contributed by atoms with Gasteiger partial charge in [-0.25, -0.2) is 23.9 Å². The minimum Gasteiger partial charge on any atom is -0.550 e. The van der Waals surface area contributed by atoms with Crippen molar-refractivity contribution >= 4 is 139 Å². The number of esters is 1. The van der Waals surface area contributed by atoms with Gasteiger partial charge in [0.2, 0.25) is 30.4 Å². The molecule has 704 valence electrons. The van der Waals surface area contributed by atoms with Gasteiger partial charge in [-0.05, 0) is 126 Å². The molecule has 133 heavy (non-hydrogen) atoms. The number of ketones is 2. The van der Waals surface area contributed by atoms with E-state index in [-0.39, 0.29) is 84.6 Å². The van der Waals surface area contributed by atoms with Crippen molar-refractivity contribution in [2.24, 2.45) is 27.4 Å². The number of carboxylic acid groups (broad SMARTS) is 2. The van der Waals surface area contributed by atoms with Gasteiger partial charge in [-0.3, -0.25) is 53.1 Å². The molecule has 0 saturated carbocycles. The summed E-state index contributed by atoms with van der Waals surface area (Å²) in [6.07, 6.45) is 0.184. The topological polar surface area (TPSA) is 560 Å². The van der Waals surface area contributed by atoms with E-state index in [4.69, 9.17) is 60.6 Å². The number of carbonyl (C=O) groups is 10. The van der Waals surface area contributed by atoms with Crippen molar-refractivity contribution < 1.29 is 86.6 Å². The lowest BCUT2D eigenvalue weighted by Gasteiger charge is -2.37. The third-order valence-corrected chi connectivity index (χ3v) is 23.6. The summed E-state index contributed by atoms with van der Waals surface area (Å²) >= 11 is 1.55. The van der Waals surface area contributed by atoms with Gasteiger partial charge < -0.3 is 107 Å². The molecule has 0 aliphatic carbocycles. The van der Waals surface area contributed by atoms with Gasteiger partial charge in [0.05, 0.1) is 94.6 Å². The number of anilines is 5. The molecule has 4 saturated heterocycles. The number of para-hydroxylation sites is 1. The van der Waals surface area contributed by atoms with Gasteiger partial charge in [0.15, 0.2) is 45.2 Å². The number of aromatic nitrogens is 7. The Bertz CT molecular complexity index is 5700. The lowest BCUT2D eigenvalue weighted by atomic mass is 9.97. The number of benzene rings is 5. The monoisotopic (exact) mass is 1850 g/mol. The summed E-state index contributed by atoms with van der Waals surface area (Å²) in [6, 6.07) is 35.3. The molecule has 0 bridgehead atoms. The van der Waals surface area contributed by atoms with E-state index in [1.807, 2.05) is 96.2 Å². The third-order valence-electron chi connectivity index (χ3n) is 22.7. The molecular formula is C91H110N22O19S. The van der Waals surface area contributed by atoms with Crippen LogP contribution in [0.5, 0.6) is 0 Å². The summed E-state index contributed by atoms with van der Waals surface area (Å²) in [5, 5.41) is 49.3. The molecule has 13 N–H and O–H groups in total. The summed E-state index contributed by atoms with van der Waals surface area (Å²) in [4.78, 5) is 178. The molecule has 6 amide bonds. The van der Waals surface area contributed by atoms with E-state index in [0.29, 0.717) is 143 Å². The van der Waals surface area contributed by atoms with Gasteiger partial charge in [0.25, 0.3) is 11.8 Å². The number of aliphatic hydroxyl groups excluding tert-OH is 1. The zero-order chi connectivity index (χ0) is 94.7. The van der Waals surface area contributed by atoms with Crippen LogP contribution in [-0.2, 0) is 52.5 Å². The van der Waals surface area contributed by atoms with E-state index in [1.165, 1.54) is 12.4 Å². The number of likely N-dealkylation sites (tertiary alicyclic amines) is 1. The fourth-order valence-corrected chi connectivity index (χ4v) is 16.0. The van der Waals surface area contributed by atoms with Crippen LogP contribution >= 0.6 is 11.8 Å². The number of morpholine rings is 3. The minimum absolute atomic E-state index is 0.0237. The van der Waals surface area contributed by atoms with Gasteiger partial charge >= 0.3 is 23.9 Å². The molecule has 0 unspecified atom stereocenters. The fraction of sp³-hybridized carbons (Fsp3) is 0.418. The number of Topliss-reactive ketones (excluding diaryl/α,β-unsaturated/α-hetero) is 2. The first-order valence-electron chi connectivity index (χ1n) is 43.8. The quantitative estimate of drug-likeness (QED) is 0.00854. The van der Waals surface area contributed by atoms with Crippen molar-refractivity contribution in [2.45, 2.75) is 102 Å². The Balaban J connectivity index is 0.000000193. The first-order valence-corrected chi connectivity index (χ1v) is 44.8. The average Bonchev–Trinajstić information content (AvgIpc) is 1.66. The average molecular weight is 1850 g/mol. The Hall–Kier alpha value is -13.8. The van der Waals surface area contributed by atoms with Crippen LogP contribution in [0.15, 0.2) is 153 Å². The van der Waals surface area contributed by atoms with Gasteiger partial charge in [0.1, 0.15) is 30.9 Å². The highest BCUT2D eigenvalue weighted by atomic mass is 32.2. The maximum absolute atomic E-state index is 13.4. The highest BCUT2D eigenvalue weighted by molar-refractivity contribution is 8.14. The number of piperidine rings is 1. The SMILES string of the molecule is CC(C)n1nc(-c2cccc(C(=O)NC3=NCCS3)c2)c2c(N)ncnc21.CN(C)C1CCN(C(=O)c2ccc(NC(=O)Nc3ccc(-c4nc(N5CCOCC5)nc(N5CCOCC5)n4)cc3)cc2)CC1.NC(N)=NCCC[C@H](NC(=O)CCC(=O)OC[N+]1(c2cc(=O)c3cccc(-c4ccccc4)c3o2)CCOCC1)C(=O)CCC(=O)N[C@@H](CC(=O)O)C(=O)C[C@@H](CO)C(=O)[O-]. The number of nitrogens with two attached hydrogens (primary N) is 3. The van der Waals surface area contributed by atoms with Gasteiger partial charge in [0, 0.05) is 140 Å². The number of amidine groups is 1. The molecular weight excluding hydrogens is 1740 g/mol. The van der Waals surface area contributed by atoms with Crippen LogP contribution in [0.3, 0.4) is 0 Å². The first kappa shape index (κ1) is 98.3. The second-order valence-corrected chi connectivity index (χ2v) is 33.6. The molecule has 4 aromatic heterocycles.